The molecule has 0 bridgehead atoms. The number of rotatable bonds is 7. The van der Waals surface area contributed by atoms with Gasteiger partial charge in [0.05, 0.1) is 29.8 Å². The first kappa shape index (κ1) is 22.1. The average molecular weight is 434 g/mol. The second-order valence-corrected chi connectivity index (χ2v) is 8.84. The van der Waals surface area contributed by atoms with Crippen molar-refractivity contribution in [3.63, 3.8) is 0 Å². The summed E-state index contributed by atoms with van der Waals surface area (Å²) in [4.78, 5) is 14.9. The van der Waals surface area contributed by atoms with Crippen molar-refractivity contribution in [2.45, 2.75) is 31.4 Å². The Balaban J connectivity index is 1.87. The number of hydrogen-bond donors (Lipinski definition) is 2. The lowest BCUT2D eigenvalue weighted by Crippen LogP contribution is -2.38. The van der Waals surface area contributed by atoms with E-state index in [0.717, 1.165) is 5.56 Å². The predicted molar refractivity (Wildman–Crippen MR) is 114 cm³/mol. The van der Waals surface area contributed by atoms with Crippen LogP contribution in [0.25, 0.3) is 0 Å². The maximum absolute atomic E-state index is 13.0. The Bertz CT molecular complexity index is 1000. The van der Waals surface area contributed by atoms with Crippen molar-refractivity contribution < 1.29 is 22.7 Å². The second kappa shape index (κ2) is 9.46. The summed E-state index contributed by atoms with van der Waals surface area (Å²) in [6.45, 7) is 6.41. The minimum Gasteiger partial charge on any atom is -0.491 e. The Labute approximate surface area is 177 Å². The lowest BCUT2D eigenvalue weighted by molar-refractivity contribution is 0.0949. The number of nitrogens with two attached hydrogens (primary N) is 1. The SMILES string of the molecule is CC(C)Oc1ccccc1CNC(=O)c1cc(S(N)(=O)=O)ccc1N1CCOCC1. The highest BCUT2D eigenvalue weighted by atomic mass is 32.2. The van der Waals surface area contributed by atoms with Crippen LogP contribution in [-0.2, 0) is 21.3 Å². The van der Waals surface area contributed by atoms with Crippen LogP contribution in [0.3, 0.4) is 0 Å². The molecule has 3 N–H and O–H groups in total. The molecule has 8 nitrogen and oxygen atoms in total. The van der Waals surface area contributed by atoms with E-state index in [1.54, 1.807) is 6.07 Å². The van der Waals surface area contributed by atoms with Crippen LogP contribution in [-0.4, -0.2) is 46.7 Å². The third-order valence-corrected chi connectivity index (χ3v) is 5.58. The van der Waals surface area contributed by atoms with E-state index in [4.69, 9.17) is 14.6 Å². The number of carbonyl (C=O) groups is 1. The molecule has 1 heterocycles. The van der Waals surface area contributed by atoms with Crippen molar-refractivity contribution >= 4 is 21.6 Å². The van der Waals surface area contributed by atoms with Gasteiger partial charge in [-0.25, -0.2) is 13.6 Å². The molecule has 30 heavy (non-hydrogen) atoms. The molecule has 0 saturated carbocycles. The maximum Gasteiger partial charge on any atom is 0.253 e. The van der Waals surface area contributed by atoms with Crippen LogP contribution in [0.15, 0.2) is 47.4 Å². The van der Waals surface area contributed by atoms with Crippen molar-refractivity contribution in [2.24, 2.45) is 5.14 Å². The second-order valence-electron chi connectivity index (χ2n) is 7.28. The van der Waals surface area contributed by atoms with E-state index in [1.165, 1.54) is 12.1 Å². The average Bonchev–Trinajstić information content (AvgIpc) is 2.72. The highest BCUT2D eigenvalue weighted by Gasteiger charge is 2.22. The fraction of sp³-hybridized carbons (Fsp3) is 0.381. The number of anilines is 1. The summed E-state index contributed by atoms with van der Waals surface area (Å²) in [6.07, 6.45) is 0.00113. The van der Waals surface area contributed by atoms with Crippen LogP contribution in [0.4, 0.5) is 5.69 Å². The highest BCUT2D eigenvalue weighted by Crippen LogP contribution is 2.25. The molecule has 1 fully saturated rings. The van der Waals surface area contributed by atoms with Crippen LogP contribution in [0.5, 0.6) is 5.75 Å². The van der Waals surface area contributed by atoms with Gasteiger partial charge in [0, 0.05) is 30.9 Å². The summed E-state index contributed by atoms with van der Waals surface area (Å²) in [5, 5.41) is 8.15. The highest BCUT2D eigenvalue weighted by molar-refractivity contribution is 7.89. The lowest BCUT2D eigenvalue weighted by atomic mass is 10.1. The van der Waals surface area contributed by atoms with Crippen molar-refractivity contribution in [2.75, 3.05) is 31.2 Å². The number of benzene rings is 2. The summed E-state index contributed by atoms with van der Waals surface area (Å²) in [6, 6.07) is 11.8. The zero-order valence-corrected chi connectivity index (χ0v) is 17.9. The molecule has 3 rings (SSSR count). The van der Waals surface area contributed by atoms with Crippen molar-refractivity contribution in [3.05, 3.63) is 53.6 Å². The van der Waals surface area contributed by atoms with Crippen LogP contribution in [0.2, 0.25) is 0 Å². The number of amides is 1. The van der Waals surface area contributed by atoms with E-state index in [1.807, 2.05) is 43.0 Å². The molecule has 2 aromatic rings. The number of hydrogen-bond acceptors (Lipinski definition) is 6. The quantitative estimate of drug-likeness (QED) is 0.690. The molecule has 0 spiro atoms. The first-order chi connectivity index (χ1) is 14.3. The Morgan fingerprint density at radius 1 is 1.20 bits per heavy atom. The standard InChI is InChI=1S/C21H27N3O5S/c1-15(2)29-20-6-4-3-5-16(20)14-23-21(25)18-13-17(30(22,26)27)7-8-19(18)24-9-11-28-12-10-24/h3-8,13,15H,9-12,14H2,1-2H3,(H,23,25)(H2,22,26,27). The number of para-hydroxylation sites is 1. The van der Waals surface area contributed by atoms with Gasteiger partial charge in [-0.2, -0.15) is 0 Å². The molecule has 0 aromatic heterocycles. The molecule has 2 aromatic carbocycles. The van der Waals surface area contributed by atoms with Gasteiger partial charge in [0.2, 0.25) is 10.0 Å². The predicted octanol–water partition coefficient (Wildman–Crippen LogP) is 1.89. The molecule has 0 radical (unpaired) electrons. The number of carbonyl (C=O) groups excluding carboxylic acids is 1. The minimum atomic E-state index is -3.94. The Kier molecular flexibility index (Phi) is 6.96. The number of ether oxygens (including phenoxy) is 2. The van der Waals surface area contributed by atoms with Gasteiger partial charge < -0.3 is 19.7 Å². The van der Waals surface area contributed by atoms with Crippen molar-refractivity contribution in [1.82, 2.24) is 5.32 Å². The van der Waals surface area contributed by atoms with Crippen LogP contribution in [0.1, 0.15) is 29.8 Å². The number of morpholine rings is 1. The van der Waals surface area contributed by atoms with E-state index in [0.29, 0.717) is 37.7 Å². The topological polar surface area (TPSA) is 111 Å². The number of nitrogens with zero attached hydrogens (tertiary/aromatic N) is 1. The van der Waals surface area contributed by atoms with Gasteiger partial charge in [-0.15, -0.1) is 0 Å². The zero-order valence-electron chi connectivity index (χ0n) is 17.1. The van der Waals surface area contributed by atoms with Gasteiger partial charge in [0.25, 0.3) is 5.91 Å². The third kappa shape index (κ3) is 5.50. The monoisotopic (exact) mass is 433 g/mol. The van der Waals surface area contributed by atoms with Crippen molar-refractivity contribution in [1.29, 1.82) is 0 Å². The summed E-state index contributed by atoms with van der Waals surface area (Å²) in [5.41, 5.74) is 1.73. The van der Waals surface area contributed by atoms with Gasteiger partial charge >= 0.3 is 0 Å². The van der Waals surface area contributed by atoms with Gasteiger partial charge in [0.15, 0.2) is 0 Å². The summed E-state index contributed by atoms with van der Waals surface area (Å²) < 4.78 is 34.8. The molecule has 1 aliphatic heterocycles. The maximum atomic E-state index is 13.0. The molecule has 0 aliphatic carbocycles. The lowest BCUT2D eigenvalue weighted by Gasteiger charge is -2.30. The zero-order chi connectivity index (χ0) is 21.7. The fourth-order valence-electron chi connectivity index (χ4n) is 3.24. The Morgan fingerprint density at radius 2 is 1.90 bits per heavy atom. The molecule has 162 valence electrons. The minimum absolute atomic E-state index is 0.00113. The molecule has 0 unspecified atom stereocenters. The van der Waals surface area contributed by atoms with E-state index < -0.39 is 10.0 Å². The molecular formula is C21H27N3O5S. The van der Waals surface area contributed by atoms with Gasteiger partial charge in [0.1, 0.15) is 5.75 Å². The van der Waals surface area contributed by atoms with E-state index in [-0.39, 0.29) is 29.0 Å². The van der Waals surface area contributed by atoms with Gasteiger partial charge in [-0.3, -0.25) is 4.79 Å². The van der Waals surface area contributed by atoms with Gasteiger partial charge in [-0.1, -0.05) is 18.2 Å². The van der Waals surface area contributed by atoms with E-state index in [2.05, 4.69) is 5.32 Å². The number of nitrogens with one attached hydrogen (secondary N) is 1. The smallest absolute Gasteiger partial charge is 0.253 e. The molecule has 1 saturated heterocycles. The first-order valence-electron chi connectivity index (χ1n) is 9.78. The normalized spacial score (nSPS) is 14.6. The summed E-state index contributed by atoms with van der Waals surface area (Å²) in [7, 11) is -3.94. The summed E-state index contributed by atoms with van der Waals surface area (Å²) in [5.74, 6) is 0.306. The molecule has 9 heteroatoms. The molecular weight excluding hydrogens is 406 g/mol. The van der Waals surface area contributed by atoms with Crippen molar-refractivity contribution in [3.8, 4) is 5.75 Å². The fourth-order valence-corrected chi connectivity index (χ4v) is 3.78. The summed E-state index contributed by atoms with van der Waals surface area (Å²) >= 11 is 0. The largest absolute Gasteiger partial charge is 0.491 e. The van der Waals surface area contributed by atoms with E-state index in [9.17, 15) is 13.2 Å². The number of sulfonamides is 1. The van der Waals surface area contributed by atoms with Gasteiger partial charge in [-0.05, 0) is 38.1 Å². The first-order valence-corrected chi connectivity index (χ1v) is 11.3. The van der Waals surface area contributed by atoms with Crippen LogP contribution in [0, 0.1) is 0 Å². The molecule has 1 aliphatic rings. The van der Waals surface area contributed by atoms with Crippen LogP contribution < -0.4 is 20.1 Å². The Morgan fingerprint density at radius 3 is 2.57 bits per heavy atom. The van der Waals surface area contributed by atoms with E-state index >= 15 is 0 Å². The molecule has 1 amide bonds. The van der Waals surface area contributed by atoms with Crippen LogP contribution >= 0.6 is 0 Å². The number of primary sulfonamides is 1. The molecule has 0 atom stereocenters. The third-order valence-electron chi connectivity index (χ3n) is 4.67. The Hall–Kier alpha value is -2.62.